The minimum atomic E-state index is -0.334. The first-order valence-corrected chi connectivity index (χ1v) is 6.74. The molecule has 1 aromatic carbocycles. The number of ether oxygens (including phenoxy) is 2. The second kappa shape index (κ2) is 6.57. The fraction of sp³-hybridized carbons (Fsp3) is 0.533. The molecule has 2 atom stereocenters. The second-order valence-corrected chi connectivity index (χ2v) is 5.32. The summed E-state index contributed by atoms with van der Waals surface area (Å²) in [6.07, 6.45) is 0.392. The van der Waals surface area contributed by atoms with E-state index in [1.807, 2.05) is 30.3 Å². The zero-order chi connectivity index (χ0) is 13.7. The molecule has 0 saturated carbocycles. The Balaban J connectivity index is 1.79. The lowest BCUT2D eigenvalue weighted by Crippen LogP contribution is -2.35. The van der Waals surface area contributed by atoms with E-state index in [4.69, 9.17) is 9.47 Å². The van der Waals surface area contributed by atoms with Gasteiger partial charge in [0.2, 0.25) is 0 Å². The first-order chi connectivity index (χ1) is 9.15. The van der Waals surface area contributed by atoms with Crippen LogP contribution in [0.1, 0.15) is 25.8 Å². The lowest BCUT2D eigenvalue weighted by atomic mass is 10.0. The van der Waals surface area contributed by atoms with E-state index in [0.717, 1.165) is 12.0 Å². The van der Waals surface area contributed by atoms with Gasteiger partial charge >= 0.3 is 6.09 Å². The number of benzene rings is 1. The molecule has 2 rings (SSSR count). The quantitative estimate of drug-likeness (QED) is 0.858. The second-order valence-electron chi connectivity index (χ2n) is 5.32. The van der Waals surface area contributed by atoms with Crippen LogP contribution in [-0.2, 0) is 16.1 Å². The Morgan fingerprint density at radius 2 is 2.05 bits per heavy atom. The molecule has 1 heterocycles. The first-order valence-electron chi connectivity index (χ1n) is 6.74. The van der Waals surface area contributed by atoms with Crippen LogP contribution in [-0.4, -0.2) is 24.8 Å². The van der Waals surface area contributed by atoms with Gasteiger partial charge in [0, 0.05) is 0 Å². The van der Waals surface area contributed by atoms with Crippen LogP contribution in [0.25, 0.3) is 0 Å². The molecule has 1 aliphatic rings. The highest BCUT2D eigenvalue weighted by Gasteiger charge is 2.34. The molecule has 1 aliphatic heterocycles. The molecule has 0 bridgehead atoms. The van der Waals surface area contributed by atoms with Crippen molar-refractivity contribution < 1.29 is 14.3 Å². The monoisotopic (exact) mass is 263 g/mol. The lowest BCUT2D eigenvalue weighted by molar-refractivity contribution is 0.0251. The summed E-state index contributed by atoms with van der Waals surface area (Å²) in [6.45, 7) is 5.24. The first kappa shape index (κ1) is 13.9. The van der Waals surface area contributed by atoms with Gasteiger partial charge in [-0.2, -0.15) is 0 Å². The maximum Gasteiger partial charge on any atom is 0.407 e. The van der Waals surface area contributed by atoms with Gasteiger partial charge in [-0.05, 0) is 17.9 Å². The van der Waals surface area contributed by atoms with Crippen LogP contribution >= 0.6 is 0 Å². The number of amides is 1. The van der Waals surface area contributed by atoms with E-state index in [-0.39, 0.29) is 18.2 Å². The number of rotatable bonds is 6. The van der Waals surface area contributed by atoms with E-state index >= 15 is 0 Å². The van der Waals surface area contributed by atoms with Gasteiger partial charge in [-0.25, -0.2) is 4.79 Å². The van der Waals surface area contributed by atoms with Crippen molar-refractivity contribution in [3.8, 4) is 0 Å². The van der Waals surface area contributed by atoms with Gasteiger partial charge in [0.1, 0.15) is 6.10 Å². The van der Waals surface area contributed by atoms with Crippen molar-refractivity contribution in [2.75, 3.05) is 6.61 Å². The summed E-state index contributed by atoms with van der Waals surface area (Å²) < 4.78 is 10.9. The van der Waals surface area contributed by atoms with Crippen LogP contribution in [0.2, 0.25) is 0 Å². The fourth-order valence-electron chi connectivity index (χ4n) is 2.23. The van der Waals surface area contributed by atoms with E-state index in [0.29, 0.717) is 19.1 Å². The Kier molecular flexibility index (Phi) is 4.80. The van der Waals surface area contributed by atoms with Crippen LogP contribution in [0, 0.1) is 5.92 Å². The molecule has 104 valence electrons. The molecule has 1 aromatic rings. The molecule has 0 radical (unpaired) electrons. The highest BCUT2D eigenvalue weighted by molar-refractivity contribution is 5.70. The standard InChI is InChI=1S/C15H21NO3/c1-11(2)8-13-14(19-15(17)16-13)10-18-9-12-6-4-3-5-7-12/h3-7,11,13-14H,8-10H2,1-2H3,(H,16,17)/t13-,14+/m1/s1. The predicted molar refractivity (Wildman–Crippen MR) is 72.7 cm³/mol. The molecule has 0 aromatic heterocycles. The summed E-state index contributed by atoms with van der Waals surface area (Å²) in [6, 6.07) is 10.0. The number of cyclic esters (lactones) is 1. The number of carbonyl (C=O) groups is 1. The highest BCUT2D eigenvalue weighted by Crippen LogP contribution is 2.17. The molecule has 0 spiro atoms. The normalized spacial score (nSPS) is 22.4. The number of nitrogens with one attached hydrogen (secondary N) is 1. The molecule has 1 fully saturated rings. The van der Waals surface area contributed by atoms with Crippen molar-refractivity contribution in [3.05, 3.63) is 35.9 Å². The van der Waals surface area contributed by atoms with Gasteiger partial charge in [-0.15, -0.1) is 0 Å². The molecule has 0 aliphatic carbocycles. The van der Waals surface area contributed by atoms with E-state index in [2.05, 4.69) is 19.2 Å². The molecule has 1 amide bonds. The summed E-state index contributed by atoms with van der Waals surface area (Å²) in [4.78, 5) is 11.3. The Morgan fingerprint density at radius 3 is 2.74 bits per heavy atom. The third-order valence-corrected chi connectivity index (χ3v) is 3.13. The summed E-state index contributed by atoms with van der Waals surface area (Å²) in [7, 11) is 0. The molecule has 4 heteroatoms. The Bertz CT molecular complexity index is 405. The van der Waals surface area contributed by atoms with Gasteiger partial charge in [-0.1, -0.05) is 44.2 Å². The van der Waals surface area contributed by atoms with Crippen LogP contribution < -0.4 is 5.32 Å². The van der Waals surface area contributed by atoms with Gasteiger partial charge < -0.3 is 14.8 Å². The Labute approximate surface area is 114 Å². The minimum Gasteiger partial charge on any atom is -0.442 e. The molecule has 1 saturated heterocycles. The van der Waals surface area contributed by atoms with Crippen LogP contribution in [0.15, 0.2) is 30.3 Å². The number of carbonyl (C=O) groups excluding carboxylic acids is 1. The van der Waals surface area contributed by atoms with Crippen LogP contribution in [0.3, 0.4) is 0 Å². The highest BCUT2D eigenvalue weighted by atomic mass is 16.6. The van der Waals surface area contributed by atoms with Gasteiger partial charge in [0.05, 0.1) is 19.3 Å². The van der Waals surface area contributed by atoms with E-state index in [1.54, 1.807) is 0 Å². The fourth-order valence-corrected chi connectivity index (χ4v) is 2.23. The maximum absolute atomic E-state index is 11.3. The Morgan fingerprint density at radius 1 is 1.32 bits per heavy atom. The van der Waals surface area contributed by atoms with E-state index < -0.39 is 0 Å². The molecular formula is C15H21NO3. The Hall–Kier alpha value is -1.55. The third-order valence-electron chi connectivity index (χ3n) is 3.13. The SMILES string of the molecule is CC(C)C[C@H]1NC(=O)O[C@H]1COCc1ccccc1. The minimum absolute atomic E-state index is 0.0586. The average Bonchev–Trinajstić information content (AvgIpc) is 2.70. The van der Waals surface area contributed by atoms with Crippen LogP contribution in [0.5, 0.6) is 0 Å². The topological polar surface area (TPSA) is 47.6 Å². The molecular weight excluding hydrogens is 242 g/mol. The van der Waals surface area contributed by atoms with Gasteiger partial charge in [0.25, 0.3) is 0 Å². The van der Waals surface area contributed by atoms with E-state index in [9.17, 15) is 4.79 Å². The third kappa shape index (κ3) is 4.24. The summed E-state index contributed by atoms with van der Waals surface area (Å²) >= 11 is 0. The summed E-state index contributed by atoms with van der Waals surface area (Å²) in [5, 5.41) is 2.84. The van der Waals surface area contributed by atoms with Gasteiger partial charge in [-0.3, -0.25) is 0 Å². The van der Waals surface area contributed by atoms with Crippen molar-refractivity contribution >= 4 is 6.09 Å². The summed E-state index contributed by atoms with van der Waals surface area (Å²) in [5.74, 6) is 0.517. The van der Waals surface area contributed by atoms with Crippen molar-refractivity contribution in [1.29, 1.82) is 0 Å². The van der Waals surface area contributed by atoms with Gasteiger partial charge in [0.15, 0.2) is 0 Å². The smallest absolute Gasteiger partial charge is 0.407 e. The number of hydrogen-bond acceptors (Lipinski definition) is 3. The molecule has 0 unspecified atom stereocenters. The molecule has 4 nitrogen and oxygen atoms in total. The van der Waals surface area contributed by atoms with Crippen LogP contribution in [0.4, 0.5) is 4.79 Å². The van der Waals surface area contributed by atoms with Crippen molar-refractivity contribution in [3.63, 3.8) is 0 Å². The number of alkyl carbamates (subject to hydrolysis) is 1. The predicted octanol–water partition coefficient (Wildman–Crippen LogP) is 2.73. The van der Waals surface area contributed by atoms with E-state index in [1.165, 1.54) is 0 Å². The van der Waals surface area contributed by atoms with Crippen molar-refractivity contribution in [1.82, 2.24) is 5.32 Å². The number of hydrogen-bond donors (Lipinski definition) is 1. The average molecular weight is 263 g/mol. The van der Waals surface area contributed by atoms with Crippen molar-refractivity contribution in [2.24, 2.45) is 5.92 Å². The largest absolute Gasteiger partial charge is 0.442 e. The maximum atomic E-state index is 11.3. The van der Waals surface area contributed by atoms with Crippen molar-refractivity contribution in [2.45, 2.75) is 39.0 Å². The molecule has 19 heavy (non-hydrogen) atoms. The zero-order valence-corrected chi connectivity index (χ0v) is 11.5. The lowest BCUT2D eigenvalue weighted by Gasteiger charge is -2.18. The zero-order valence-electron chi connectivity index (χ0n) is 11.5. The molecule has 1 N–H and O–H groups in total. The summed E-state index contributed by atoms with van der Waals surface area (Å²) in [5.41, 5.74) is 1.13.